The smallest absolute Gasteiger partial charge is 0.267 e. The summed E-state index contributed by atoms with van der Waals surface area (Å²) in [6.07, 6.45) is 0.915. The third kappa shape index (κ3) is 6.44. The molecule has 2 aromatic heterocycles. The van der Waals surface area contributed by atoms with Crippen LogP contribution in [0.25, 0.3) is 11.3 Å². The molecule has 0 atom stereocenters. The highest BCUT2D eigenvalue weighted by Gasteiger charge is 2.16. The van der Waals surface area contributed by atoms with Gasteiger partial charge in [0.15, 0.2) is 0 Å². The maximum Gasteiger partial charge on any atom is 0.267 e. The first-order chi connectivity index (χ1) is 17.6. The van der Waals surface area contributed by atoms with Gasteiger partial charge in [-0.25, -0.2) is 23.1 Å². The van der Waals surface area contributed by atoms with Crippen molar-refractivity contribution in [1.29, 1.82) is 0 Å². The fourth-order valence-corrected chi connectivity index (χ4v) is 4.64. The van der Waals surface area contributed by atoms with Crippen LogP contribution in [0.1, 0.15) is 24.0 Å². The zero-order valence-corrected chi connectivity index (χ0v) is 21.4. The minimum absolute atomic E-state index is 0.000837. The molecular formula is C26H26N6O4S. The minimum Gasteiger partial charge on any atom is -0.324 e. The van der Waals surface area contributed by atoms with Gasteiger partial charge in [-0.05, 0) is 56.2 Å². The number of nitrogens with one attached hydrogen (secondary N) is 2. The molecule has 10 nitrogen and oxygen atoms in total. The number of anilines is 2. The van der Waals surface area contributed by atoms with Crippen molar-refractivity contribution in [3.05, 3.63) is 94.2 Å². The molecule has 2 N–H and O–H groups in total. The van der Waals surface area contributed by atoms with Crippen molar-refractivity contribution in [2.45, 2.75) is 38.6 Å². The van der Waals surface area contributed by atoms with Crippen LogP contribution in [0.4, 0.5) is 11.5 Å². The van der Waals surface area contributed by atoms with Crippen LogP contribution < -0.4 is 15.6 Å². The van der Waals surface area contributed by atoms with Gasteiger partial charge in [0.2, 0.25) is 5.91 Å². The molecule has 2 aromatic carbocycles. The van der Waals surface area contributed by atoms with Gasteiger partial charge < -0.3 is 5.32 Å². The first-order valence-electron chi connectivity index (χ1n) is 11.6. The summed E-state index contributed by atoms with van der Waals surface area (Å²) >= 11 is 0. The molecule has 190 valence electrons. The summed E-state index contributed by atoms with van der Waals surface area (Å²) in [5.41, 5.74) is 3.20. The Morgan fingerprint density at radius 3 is 2.30 bits per heavy atom. The standard InChI is InChI=1S/C26H26N6O4S/c1-4-19-5-7-20(8-6-19)23-13-14-26(34)32(30-23)16-25(33)29-21-9-11-22(12-10-21)37(35,36)31-24-15-17(2)27-18(3)28-24/h5-15H,4,16H2,1-3H3,(H,29,33)(H,27,28,31). The highest BCUT2D eigenvalue weighted by atomic mass is 32.2. The molecule has 0 aliphatic carbocycles. The molecule has 0 radical (unpaired) electrons. The number of aryl methyl sites for hydroxylation is 3. The lowest BCUT2D eigenvalue weighted by molar-refractivity contribution is -0.117. The number of hydrogen-bond donors (Lipinski definition) is 2. The zero-order chi connectivity index (χ0) is 26.6. The van der Waals surface area contributed by atoms with Crippen LogP contribution in [0.2, 0.25) is 0 Å². The van der Waals surface area contributed by atoms with Crippen LogP contribution in [0.5, 0.6) is 0 Å². The predicted molar refractivity (Wildman–Crippen MR) is 141 cm³/mol. The number of aromatic nitrogens is 4. The SMILES string of the molecule is CCc1ccc(-c2ccc(=O)n(CC(=O)Nc3ccc(S(=O)(=O)Nc4cc(C)nc(C)n4)cc3)n2)cc1. The maximum atomic E-state index is 12.7. The molecule has 0 spiro atoms. The molecule has 11 heteroatoms. The van der Waals surface area contributed by atoms with Gasteiger partial charge in [-0.3, -0.25) is 14.3 Å². The van der Waals surface area contributed by atoms with Gasteiger partial charge in [-0.2, -0.15) is 5.10 Å². The van der Waals surface area contributed by atoms with E-state index in [1.165, 1.54) is 42.0 Å². The highest BCUT2D eigenvalue weighted by molar-refractivity contribution is 7.92. The minimum atomic E-state index is -3.89. The van der Waals surface area contributed by atoms with Crippen molar-refractivity contribution in [2.75, 3.05) is 10.0 Å². The van der Waals surface area contributed by atoms with Gasteiger partial charge in [0, 0.05) is 29.1 Å². The highest BCUT2D eigenvalue weighted by Crippen LogP contribution is 2.19. The third-order valence-electron chi connectivity index (χ3n) is 5.47. The van der Waals surface area contributed by atoms with Crippen molar-refractivity contribution in [3.63, 3.8) is 0 Å². The largest absolute Gasteiger partial charge is 0.324 e. The van der Waals surface area contributed by atoms with Crippen molar-refractivity contribution in [1.82, 2.24) is 19.7 Å². The fraction of sp³-hybridized carbons (Fsp3) is 0.192. The van der Waals surface area contributed by atoms with Crippen LogP contribution in [0, 0.1) is 13.8 Å². The molecular weight excluding hydrogens is 492 g/mol. The summed E-state index contributed by atoms with van der Waals surface area (Å²) in [5.74, 6) is 0.141. The quantitative estimate of drug-likeness (QED) is 0.365. The number of hydrogen-bond acceptors (Lipinski definition) is 7. The van der Waals surface area contributed by atoms with E-state index in [-0.39, 0.29) is 17.3 Å². The van der Waals surface area contributed by atoms with E-state index in [0.29, 0.717) is 22.9 Å². The van der Waals surface area contributed by atoms with E-state index in [4.69, 9.17) is 0 Å². The van der Waals surface area contributed by atoms with Gasteiger partial charge in [0.1, 0.15) is 18.2 Å². The summed E-state index contributed by atoms with van der Waals surface area (Å²) < 4.78 is 28.9. The van der Waals surface area contributed by atoms with E-state index in [0.717, 1.165) is 16.7 Å². The molecule has 0 saturated heterocycles. The summed E-state index contributed by atoms with van der Waals surface area (Å²) in [6.45, 7) is 5.18. The average molecular weight is 519 g/mol. The lowest BCUT2D eigenvalue weighted by atomic mass is 10.1. The Kier molecular flexibility index (Phi) is 7.44. The first kappa shape index (κ1) is 25.7. The van der Waals surface area contributed by atoms with Crippen molar-refractivity contribution >= 4 is 27.4 Å². The second kappa shape index (κ2) is 10.7. The van der Waals surface area contributed by atoms with Gasteiger partial charge in [-0.1, -0.05) is 31.2 Å². The van der Waals surface area contributed by atoms with Crippen LogP contribution in [0.3, 0.4) is 0 Å². The van der Waals surface area contributed by atoms with E-state index < -0.39 is 21.5 Å². The fourth-order valence-electron chi connectivity index (χ4n) is 3.65. The Bertz CT molecular complexity index is 1580. The lowest BCUT2D eigenvalue weighted by Gasteiger charge is -2.10. The van der Waals surface area contributed by atoms with Crippen LogP contribution in [0.15, 0.2) is 76.4 Å². The molecule has 0 aliphatic heterocycles. The van der Waals surface area contributed by atoms with Crippen LogP contribution in [-0.4, -0.2) is 34.1 Å². The van der Waals surface area contributed by atoms with Gasteiger partial charge in [-0.15, -0.1) is 0 Å². The second-order valence-electron chi connectivity index (χ2n) is 8.38. The molecule has 37 heavy (non-hydrogen) atoms. The number of sulfonamides is 1. The molecule has 0 aliphatic rings. The van der Waals surface area contributed by atoms with Crippen molar-refractivity contribution < 1.29 is 13.2 Å². The average Bonchev–Trinajstić information content (AvgIpc) is 2.85. The Morgan fingerprint density at radius 2 is 1.65 bits per heavy atom. The molecule has 0 saturated carbocycles. The number of rotatable bonds is 8. The van der Waals surface area contributed by atoms with E-state index >= 15 is 0 Å². The topological polar surface area (TPSA) is 136 Å². The summed E-state index contributed by atoms with van der Waals surface area (Å²) in [4.78, 5) is 33.1. The lowest BCUT2D eigenvalue weighted by Crippen LogP contribution is -2.29. The van der Waals surface area contributed by atoms with Gasteiger partial charge in [0.05, 0.1) is 10.6 Å². The Labute approximate surface area is 214 Å². The number of nitrogens with zero attached hydrogens (tertiary/aromatic N) is 4. The van der Waals surface area contributed by atoms with E-state index in [1.54, 1.807) is 19.9 Å². The Morgan fingerprint density at radius 1 is 0.946 bits per heavy atom. The summed E-state index contributed by atoms with van der Waals surface area (Å²) in [7, 11) is -3.89. The Hall–Kier alpha value is -4.38. The molecule has 2 heterocycles. The van der Waals surface area contributed by atoms with Crippen LogP contribution in [-0.2, 0) is 27.8 Å². The van der Waals surface area contributed by atoms with Crippen molar-refractivity contribution in [2.24, 2.45) is 0 Å². The normalized spacial score (nSPS) is 11.2. The third-order valence-corrected chi connectivity index (χ3v) is 6.84. The van der Waals surface area contributed by atoms with Gasteiger partial charge in [0.25, 0.3) is 15.6 Å². The predicted octanol–water partition coefficient (Wildman–Crippen LogP) is 3.32. The molecule has 4 aromatic rings. The summed E-state index contributed by atoms with van der Waals surface area (Å²) in [5, 5.41) is 6.98. The van der Waals surface area contributed by atoms with E-state index in [1.807, 2.05) is 24.3 Å². The zero-order valence-electron chi connectivity index (χ0n) is 20.6. The van der Waals surface area contributed by atoms with E-state index in [9.17, 15) is 18.0 Å². The monoisotopic (exact) mass is 518 g/mol. The number of carbonyl (C=O) groups is 1. The molecule has 1 amide bonds. The Balaban J connectivity index is 1.44. The number of amides is 1. The number of carbonyl (C=O) groups excluding carboxylic acids is 1. The molecule has 4 rings (SSSR count). The molecule has 0 fully saturated rings. The molecule has 0 unspecified atom stereocenters. The van der Waals surface area contributed by atoms with E-state index in [2.05, 4.69) is 32.0 Å². The number of benzene rings is 2. The molecule has 0 bridgehead atoms. The van der Waals surface area contributed by atoms with Gasteiger partial charge >= 0.3 is 0 Å². The first-order valence-corrected chi connectivity index (χ1v) is 13.0. The van der Waals surface area contributed by atoms with Crippen molar-refractivity contribution in [3.8, 4) is 11.3 Å². The maximum absolute atomic E-state index is 12.7. The second-order valence-corrected chi connectivity index (χ2v) is 10.1. The van der Waals surface area contributed by atoms with Crippen LogP contribution >= 0.6 is 0 Å². The summed E-state index contributed by atoms with van der Waals surface area (Å²) in [6, 6.07) is 18.0.